The minimum atomic E-state index is -3.73. The van der Waals surface area contributed by atoms with Crippen molar-refractivity contribution in [2.45, 2.75) is 26.3 Å². The molecule has 0 amide bonds. The zero-order valence-electron chi connectivity index (χ0n) is 8.44. The number of hydrogen-bond donors (Lipinski definition) is 2. The Bertz CT molecular complexity index is 377. The molecular weight excluding hydrogens is 228 g/mol. The monoisotopic (exact) mass is 244 g/mol. The molecule has 0 aromatic rings. The standard InChI is InChI=1S/C6H16N2O4S2/c1-6(2,3)8-14(11,12)5-4-13(7,9)10/h8H,4-5H2,1-3H3,(H2,7,9,10). The molecule has 0 radical (unpaired) electrons. The fraction of sp³-hybridized carbons (Fsp3) is 1.00. The smallest absolute Gasteiger partial charge is 0.213 e. The van der Waals surface area contributed by atoms with E-state index in [0.29, 0.717) is 0 Å². The zero-order chi connectivity index (χ0) is 11.6. The van der Waals surface area contributed by atoms with E-state index in [2.05, 4.69) is 9.86 Å². The van der Waals surface area contributed by atoms with Crippen molar-refractivity contribution in [3.8, 4) is 0 Å². The lowest BCUT2D eigenvalue weighted by molar-refractivity contribution is 0.492. The van der Waals surface area contributed by atoms with Crippen LogP contribution < -0.4 is 9.86 Å². The number of hydrogen-bond acceptors (Lipinski definition) is 4. The summed E-state index contributed by atoms with van der Waals surface area (Å²) in [4.78, 5) is 0. The van der Waals surface area contributed by atoms with Gasteiger partial charge in [0.15, 0.2) is 0 Å². The summed E-state index contributed by atoms with van der Waals surface area (Å²) in [7, 11) is -7.31. The Labute approximate surface area is 85.0 Å². The summed E-state index contributed by atoms with van der Waals surface area (Å²) < 4.78 is 45.9. The van der Waals surface area contributed by atoms with Crippen molar-refractivity contribution < 1.29 is 16.8 Å². The van der Waals surface area contributed by atoms with E-state index in [1.807, 2.05) is 0 Å². The molecule has 14 heavy (non-hydrogen) atoms. The van der Waals surface area contributed by atoms with Crippen molar-refractivity contribution in [1.82, 2.24) is 4.72 Å². The lowest BCUT2D eigenvalue weighted by Gasteiger charge is -2.19. The second-order valence-corrected chi connectivity index (χ2v) is 7.61. The van der Waals surface area contributed by atoms with Crippen molar-refractivity contribution in [2.75, 3.05) is 11.5 Å². The maximum Gasteiger partial charge on any atom is 0.213 e. The summed E-state index contributed by atoms with van der Waals surface area (Å²) in [5.41, 5.74) is -0.614. The highest BCUT2D eigenvalue weighted by atomic mass is 32.2. The Balaban J connectivity index is 4.39. The predicted molar refractivity (Wildman–Crippen MR) is 54.6 cm³/mol. The lowest BCUT2D eigenvalue weighted by atomic mass is 10.1. The molecule has 0 bridgehead atoms. The van der Waals surface area contributed by atoms with Crippen molar-refractivity contribution in [2.24, 2.45) is 5.14 Å². The first-order valence-corrected chi connectivity index (χ1v) is 7.30. The first-order chi connectivity index (χ1) is 5.91. The summed E-state index contributed by atoms with van der Waals surface area (Å²) in [6.07, 6.45) is 0. The van der Waals surface area contributed by atoms with Crippen molar-refractivity contribution in [3.63, 3.8) is 0 Å². The third-order valence-corrected chi connectivity index (χ3v) is 3.79. The SMILES string of the molecule is CC(C)(C)NS(=O)(=O)CCS(N)(=O)=O. The third-order valence-electron chi connectivity index (χ3n) is 1.10. The second kappa shape index (κ2) is 4.13. The number of nitrogens with one attached hydrogen (secondary N) is 1. The van der Waals surface area contributed by atoms with E-state index in [1.165, 1.54) is 0 Å². The summed E-state index contributed by atoms with van der Waals surface area (Å²) in [6, 6.07) is 0. The molecule has 0 aliphatic rings. The molecule has 8 heteroatoms. The highest BCUT2D eigenvalue weighted by molar-refractivity contribution is 7.93. The predicted octanol–water partition coefficient (Wildman–Crippen LogP) is -1.01. The van der Waals surface area contributed by atoms with E-state index >= 15 is 0 Å². The maximum absolute atomic E-state index is 11.3. The van der Waals surface area contributed by atoms with E-state index in [0.717, 1.165) is 0 Å². The molecule has 0 saturated carbocycles. The number of nitrogens with two attached hydrogens (primary N) is 1. The highest BCUT2D eigenvalue weighted by Gasteiger charge is 2.21. The molecule has 0 aliphatic carbocycles. The van der Waals surface area contributed by atoms with Crippen LogP contribution >= 0.6 is 0 Å². The summed E-state index contributed by atoms with van der Waals surface area (Å²) >= 11 is 0. The summed E-state index contributed by atoms with van der Waals surface area (Å²) in [5.74, 6) is -1.08. The Morgan fingerprint density at radius 1 is 1.07 bits per heavy atom. The van der Waals surface area contributed by atoms with Gasteiger partial charge in [0.25, 0.3) is 0 Å². The summed E-state index contributed by atoms with van der Waals surface area (Å²) in [5, 5.41) is 4.69. The van der Waals surface area contributed by atoms with Crippen LogP contribution in [-0.4, -0.2) is 33.9 Å². The molecule has 3 N–H and O–H groups in total. The van der Waals surface area contributed by atoms with Crippen LogP contribution in [0.2, 0.25) is 0 Å². The zero-order valence-corrected chi connectivity index (χ0v) is 10.1. The van der Waals surface area contributed by atoms with Gasteiger partial charge < -0.3 is 0 Å². The van der Waals surface area contributed by atoms with Gasteiger partial charge >= 0.3 is 0 Å². The normalized spacial score (nSPS) is 14.3. The van der Waals surface area contributed by atoms with Gasteiger partial charge in [0, 0.05) is 5.54 Å². The van der Waals surface area contributed by atoms with Gasteiger partial charge in [0.05, 0.1) is 11.5 Å². The maximum atomic E-state index is 11.3. The molecule has 0 aromatic carbocycles. The molecule has 0 aliphatic heterocycles. The minimum absolute atomic E-state index is 0.511. The Morgan fingerprint density at radius 3 is 1.79 bits per heavy atom. The minimum Gasteiger partial charge on any atom is -0.229 e. The van der Waals surface area contributed by atoms with Crippen molar-refractivity contribution in [1.29, 1.82) is 0 Å². The van der Waals surface area contributed by atoms with Gasteiger partial charge in [-0.25, -0.2) is 26.7 Å². The van der Waals surface area contributed by atoms with Crippen LogP contribution in [0.1, 0.15) is 20.8 Å². The van der Waals surface area contributed by atoms with Crippen molar-refractivity contribution >= 4 is 20.0 Å². The molecule has 0 saturated heterocycles. The first-order valence-electron chi connectivity index (χ1n) is 3.93. The van der Waals surface area contributed by atoms with Gasteiger partial charge in [-0.2, -0.15) is 0 Å². The van der Waals surface area contributed by atoms with Crippen LogP contribution in [0.25, 0.3) is 0 Å². The van der Waals surface area contributed by atoms with Crippen LogP contribution in [0.4, 0.5) is 0 Å². The molecule has 0 atom stereocenters. The summed E-state index contributed by atoms with van der Waals surface area (Å²) in [6.45, 7) is 5.00. The largest absolute Gasteiger partial charge is 0.229 e. The average molecular weight is 244 g/mol. The first kappa shape index (κ1) is 13.8. The topological polar surface area (TPSA) is 106 Å². The van der Waals surface area contributed by atoms with Gasteiger partial charge in [-0.3, -0.25) is 0 Å². The van der Waals surface area contributed by atoms with E-state index < -0.39 is 37.1 Å². The Kier molecular flexibility index (Phi) is 4.08. The van der Waals surface area contributed by atoms with Crippen LogP contribution in [-0.2, 0) is 20.0 Å². The molecule has 0 rings (SSSR count). The van der Waals surface area contributed by atoms with Crippen LogP contribution in [0.15, 0.2) is 0 Å². The number of rotatable bonds is 4. The fourth-order valence-electron chi connectivity index (χ4n) is 0.743. The lowest BCUT2D eigenvalue weighted by Crippen LogP contribution is -2.43. The molecule has 0 unspecified atom stereocenters. The van der Waals surface area contributed by atoms with Gasteiger partial charge in [0.2, 0.25) is 20.0 Å². The Morgan fingerprint density at radius 2 is 1.50 bits per heavy atom. The average Bonchev–Trinajstić information content (AvgIpc) is 1.76. The number of sulfonamides is 2. The third kappa shape index (κ3) is 8.42. The Hall–Kier alpha value is -0.180. The molecule has 6 nitrogen and oxygen atoms in total. The molecule has 0 fully saturated rings. The second-order valence-electron chi connectivity index (χ2n) is 4.04. The van der Waals surface area contributed by atoms with Gasteiger partial charge in [-0.15, -0.1) is 0 Å². The van der Waals surface area contributed by atoms with Crippen LogP contribution in [0, 0.1) is 0 Å². The van der Waals surface area contributed by atoms with Gasteiger partial charge in [-0.05, 0) is 20.8 Å². The molecule has 0 spiro atoms. The molecule has 86 valence electrons. The van der Waals surface area contributed by atoms with E-state index in [4.69, 9.17) is 0 Å². The van der Waals surface area contributed by atoms with Crippen LogP contribution in [0.5, 0.6) is 0 Å². The highest BCUT2D eigenvalue weighted by Crippen LogP contribution is 2.02. The van der Waals surface area contributed by atoms with Gasteiger partial charge in [-0.1, -0.05) is 0 Å². The number of primary sulfonamides is 1. The fourth-order valence-corrected chi connectivity index (χ4v) is 3.59. The van der Waals surface area contributed by atoms with Gasteiger partial charge in [0.1, 0.15) is 0 Å². The van der Waals surface area contributed by atoms with Crippen molar-refractivity contribution in [3.05, 3.63) is 0 Å². The van der Waals surface area contributed by atoms with E-state index in [9.17, 15) is 16.8 Å². The van der Waals surface area contributed by atoms with E-state index in [1.54, 1.807) is 20.8 Å². The molecule has 0 heterocycles. The quantitative estimate of drug-likeness (QED) is 0.661. The molecular formula is C6H16N2O4S2. The molecule has 0 aromatic heterocycles. The van der Waals surface area contributed by atoms with E-state index in [-0.39, 0.29) is 0 Å². The van der Waals surface area contributed by atoms with Crippen LogP contribution in [0.3, 0.4) is 0 Å².